The van der Waals surface area contributed by atoms with Gasteiger partial charge in [0.25, 0.3) is 0 Å². The Morgan fingerprint density at radius 3 is 2.94 bits per heavy atom. The number of likely N-dealkylation sites (N-methyl/N-ethyl adjacent to an activating group) is 1. The van der Waals surface area contributed by atoms with Crippen molar-refractivity contribution in [2.45, 2.75) is 6.92 Å². The highest BCUT2D eigenvalue weighted by atomic mass is 32.1. The minimum atomic E-state index is -0.483. The van der Waals surface area contributed by atoms with Gasteiger partial charge in [-0.25, -0.2) is 9.78 Å². The van der Waals surface area contributed by atoms with E-state index in [0.29, 0.717) is 11.6 Å². The maximum Gasteiger partial charge on any atom is 0.360 e. The third-order valence-corrected chi connectivity index (χ3v) is 2.51. The molecule has 0 atom stereocenters. The number of carbonyl (C=O) groups excluding carboxylic acids is 2. The molecule has 0 aliphatic carbocycles. The Kier molecular flexibility index (Phi) is 4.71. The molecule has 0 bridgehead atoms. The fraction of sp³-hybridized carbons (Fsp3) is 0.444. The van der Waals surface area contributed by atoms with Crippen molar-refractivity contribution >= 4 is 28.2 Å². The topological polar surface area (TPSA) is 80.3 Å². The second-order valence-corrected chi connectivity index (χ2v) is 3.63. The number of aromatic nitrogens is 1. The van der Waals surface area contributed by atoms with Gasteiger partial charge in [0.15, 0.2) is 5.69 Å². The monoisotopic (exact) mass is 243 g/mol. The van der Waals surface area contributed by atoms with Gasteiger partial charge in [-0.15, -0.1) is 11.3 Å². The predicted octanol–water partition coefficient (Wildman–Crippen LogP) is 0.478. The van der Waals surface area contributed by atoms with Crippen LogP contribution in [0.1, 0.15) is 17.4 Å². The summed E-state index contributed by atoms with van der Waals surface area (Å²) < 4.78 is 4.82. The third kappa shape index (κ3) is 3.20. The van der Waals surface area contributed by atoms with Gasteiger partial charge in [-0.3, -0.25) is 4.79 Å². The largest absolute Gasteiger partial charge is 0.461 e. The molecule has 88 valence electrons. The highest BCUT2D eigenvalue weighted by Gasteiger charge is 2.16. The number of nitrogens with zero attached hydrogens (tertiary/aromatic N) is 1. The molecule has 0 saturated carbocycles. The molecule has 0 radical (unpaired) electrons. The molecule has 0 aliphatic heterocycles. The lowest BCUT2D eigenvalue weighted by atomic mass is 10.4. The first-order chi connectivity index (χ1) is 7.69. The van der Waals surface area contributed by atoms with Crippen LogP contribution in [0.2, 0.25) is 0 Å². The van der Waals surface area contributed by atoms with Crippen LogP contribution in [0, 0.1) is 0 Å². The number of hydrogen-bond donors (Lipinski definition) is 2. The van der Waals surface area contributed by atoms with Crippen molar-refractivity contribution in [3.8, 4) is 0 Å². The Morgan fingerprint density at radius 1 is 1.56 bits per heavy atom. The number of anilines is 1. The van der Waals surface area contributed by atoms with Crippen LogP contribution < -0.4 is 10.6 Å². The standard InChI is InChI=1S/C9H13N3O3S/c1-3-15-9(14)7-8(16-5-12-7)11-4-6(13)10-2/h5,11H,3-4H2,1-2H3,(H,10,13). The number of ether oxygens (including phenoxy) is 1. The molecule has 1 aromatic rings. The summed E-state index contributed by atoms with van der Waals surface area (Å²) in [4.78, 5) is 26.3. The average Bonchev–Trinajstić information content (AvgIpc) is 2.74. The van der Waals surface area contributed by atoms with Crippen LogP contribution in [0.5, 0.6) is 0 Å². The molecule has 0 aromatic carbocycles. The Labute approximate surface area is 97.0 Å². The van der Waals surface area contributed by atoms with E-state index in [-0.39, 0.29) is 18.1 Å². The maximum atomic E-state index is 11.4. The second-order valence-electron chi connectivity index (χ2n) is 2.78. The van der Waals surface area contributed by atoms with Gasteiger partial charge < -0.3 is 15.4 Å². The SMILES string of the molecule is CCOC(=O)c1ncsc1NCC(=O)NC. The molecule has 0 spiro atoms. The van der Waals surface area contributed by atoms with Gasteiger partial charge in [0.2, 0.25) is 5.91 Å². The summed E-state index contributed by atoms with van der Waals surface area (Å²) in [5.74, 6) is -0.647. The molecule has 0 saturated heterocycles. The molecule has 6 nitrogen and oxygen atoms in total. The Hall–Kier alpha value is -1.63. The molecule has 0 unspecified atom stereocenters. The van der Waals surface area contributed by atoms with Gasteiger partial charge in [-0.1, -0.05) is 0 Å². The number of amides is 1. The molecular weight excluding hydrogens is 230 g/mol. The van der Waals surface area contributed by atoms with E-state index in [1.54, 1.807) is 14.0 Å². The van der Waals surface area contributed by atoms with Crippen LogP contribution in [0.3, 0.4) is 0 Å². The molecular formula is C9H13N3O3S. The molecule has 0 fully saturated rings. The van der Waals surface area contributed by atoms with Crippen molar-refractivity contribution in [2.75, 3.05) is 25.5 Å². The van der Waals surface area contributed by atoms with Gasteiger partial charge in [0.1, 0.15) is 5.00 Å². The number of nitrogens with one attached hydrogen (secondary N) is 2. The van der Waals surface area contributed by atoms with Crippen molar-refractivity contribution < 1.29 is 14.3 Å². The van der Waals surface area contributed by atoms with Crippen LogP contribution >= 0.6 is 11.3 Å². The molecule has 1 rings (SSSR count). The molecule has 2 N–H and O–H groups in total. The summed E-state index contributed by atoms with van der Waals surface area (Å²) in [7, 11) is 1.54. The first-order valence-corrected chi connectivity index (χ1v) is 5.62. The highest BCUT2D eigenvalue weighted by molar-refractivity contribution is 7.14. The van der Waals surface area contributed by atoms with E-state index in [4.69, 9.17) is 4.74 Å². The summed E-state index contributed by atoms with van der Waals surface area (Å²) >= 11 is 1.25. The zero-order chi connectivity index (χ0) is 12.0. The first kappa shape index (κ1) is 12.4. The van der Waals surface area contributed by atoms with E-state index in [9.17, 15) is 9.59 Å². The van der Waals surface area contributed by atoms with Crippen LogP contribution in [0.4, 0.5) is 5.00 Å². The van der Waals surface area contributed by atoms with E-state index < -0.39 is 5.97 Å². The predicted molar refractivity (Wildman–Crippen MR) is 60.6 cm³/mol. The Morgan fingerprint density at radius 2 is 2.31 bits per heavy atom. The van der Waals surface area contributed by atoms with Gasteiger partial charge >= 0.3 is 5.97 Å². The lowest BCUT2D eigenvalue weighted by Crippen LogP contribution is -2.26. The van der Waals surface area contributed by atoms with E-state index >= 15 is 0 Å². The van der Waals surface area contributed by atoms with Crippen LogP contribution in [-0.4, -0.2) is 37.1 Å². The Balaban J connectivity index is 2.63. The van der Waals surface area contributed by atoms with Crippen molar-refractivity contribution in [3.63, 3.8) is 0 Å². The van der Waals surface area contributed by atoms with Crippen LogP contribution in [0.15, 0.2) is 5.51 Å². The smallest absolute Gasteiger partial charge is 0.360 e. The van der Waals surface area contributed by atoms with Gasteiger partial charge in [0, 0.05) is 7.05 Å². The van der Waals surface area contributed by atoms with E-state index in [0.717, 1.165) is 0 Å². The molecule has 1 heterocycles. The lowest BCUT2D eigenvalue weighted by Gasteiger charge is -2.04. The summed E-state index contributed by atoms with van der Waals surface area (Å²) in [5.41, 5.74) is 1.74. The van der Waals surface area contributed by atoms with E-state index in [1.165, 1.54) is 16.8 Å². The zero-order valence-electron chi connectivity index (χ0n) is 9.07. The summed E-state index contributed by atoms with van der Waals surface area (Å²) in [6.07, 6.45) is 0. The fourth-order valence-electron chi connectivity index (χ4n) is 0.965. The van der Waals surface area contributed by atoms with Crippen molar-refractivity contribution in [2.24, 2.45) is 0 Å². The Bertz CT molecular complexity index is 378. The number of carbonyl (C=O) groups is 2. The number of hydrogen-bond acceptors (Lipinski definition) is 6. The van der Waals surface area contributed by atoms with Gasteiger partial charge in [-0.05, 0) is 6.92 Å². The van der Waals surface area contributed by atoms with Crippen molar-refractivity contribution in [3.05, 3.63) is 11.2 Å². The minimum Gasteiger partial charge on any atom is -0.461 e. The maximum absolute atomic E-state index is 11.4. The molecule has 16 heavy (non-hydrogen) atoms. The van der Waals surface area contributed by atoms with Crippen molar-refractivity contribution in [1.29, 1.82) is 0 Å². The quantitative estimate of drug-likeness (QED) is 0.735. The first-order valence-electron chi connectivity index (χ1n) is 4.74. The lowest BCUT2D eigenvalue weighted by molar-refractivity contribution is -0.118. The number of thiazole rings is 1. The summed E-state index contributed by atoms with van der Waals surface area (Å²) in [5, 5.41) is 5.84. The van der Waals surface area contributed by atoms with Crippen LogP contribution in [-0.2, 0) is 9.53 Å². The molecule has 7 heteroatoms. The summed E-state index contributed by atoms with van der Waals surface area (Å²) in [6, 6.07) is 0. The van der Waals surface area contributed by atoms with E-state index in [1.807, 2.05) is 0 Å². The molecule has 1 amide bonds. The fourth-order valence-corrected chi connectivity index (χ4v) is 1.63. The van der Waals surface area contributed by atoms with Crippen molar-refractivity contribution in [1.82, 2.24) is 10.3 Å². The van der Waals surface area contributed by atoms with Gasteiger partial charge in [-0.2, -0.15) is 0 Å². The molecule has 0 aliphatic rings. The highest BCUT2D eigenvalue weighted by Crippen LogP contribution is 2.20. The second kappa shape index (κ2) is 6.06. The van der Waals surface area contributed by atoms with Gasteiger partial charge in [0.05, 0.1) is 18.7 Å². The zero-order valence-corrected chi connectivity index (χ0v) is 9.89. The minimum absolute atomic E-state index is 0.102. The normalized spacial score (nSPS) is 9.62. The summed E-state index contributed by atoms with van der Waals surface area (Å²) in [6.45, 7) is 2.12. The van der Waals surface area contributed by atoms with E-state index in [2.05, 4.69) is 15.6 Å². The third-order valence-electron chi connectivity index (χ3n) is 1.72. The number of rotatable bonds is 5. The molecule has 1 aromatic heterocycles. The van der Waals surface area contributed by atoms with Crippen LogP contribution in [0.25, 0.3) is 0 Å². The number of esters is 1. The average molecular weight is 243 g/mol.